The first-order valence-electron chi connectivity index (χ1n) is 5.80. The largest absolute Gasteiger partial charge is 0.396 e. The van der Waals surface area contributed by atoms with Gasteiger partial charge in [-0.3, -0.25) is 0 Å². The van der Waals surface area contributed by atoms with Crippen molar-refractivity contribution in [2.24, 2.45) is 11.8 Å². The van der Waals surface area contributed by atoms with Gasteiger partial charge in [0.05, 0.1) is 0 Å². The molecule has 0 radical (unpaired) electrons. The first-order valence-corrected chi connectivity index (χ1v) is 5.80. The van der Waals surface area contributed by atoms with Gasteiger partial charge in [0.25, 0.3) is 0 Å². The minimum Gasteiger partial charge on any atom is -0.396 e. The zero-order chi connectivity index (χ0) is 11.3. The molecule has 1 nitrogen and oxygen atoms in total. The summed E-state index contributed by atoms with van der Waals surface area (Å²) >= 11 is 0. The van der Waals surface area contributed by atoms with Crippen molar-refractivity contribution in [1.29, 1.82) is 0 Å². The fourth-order valence-electron chi connectivity index (χ4n) is 1.75. The molecule has 0 saturated heterocycles. The Balaban J connectivity index is 2.56. The van der Waals surface area contributed by atoms with E-state index in [1.165, 1.54) is 11.1 Å². The molecule has 1 N–H and O–H groups in total. The van der Waals surface area contributed by atoms with Gasteiger partial charge >= 0.3 is 0 Å². The van der Waals surface area contributed by atoms with Gasteiger partial charge in [-0.2, -0.15) is 0 Å². The van der Waals surface area contributed by atoms with Gasteiger partial charge in [-0.15, -0.1) is 0 Å². The molecule has 1 aromatic rings. The average molecular weight is 206 g/mol. The molecule has 1 heteroatoms. The summed E-state index contributed by atoms with van der Waals surface area (Å²) in [6.45, 7) is 6.82. The monoisotopic (exact) mass is 206 g/mol. The van der Waals surface area contributed by atoms with Crippen LogP contribution in [0.1, 0.15) is 31.9 Å². The van der Waals surface area contributed by atoms with Gasteiger partial charge in [0.2, 0.25) is 0 Å². The Hall–Kier alpha value is -0.820. The van der Waals surface area contributed by atoms with Crippen molar-refractivity contribution in [3.8, 4) is 0 Å². The maximum atomic E-state index is 8.97. The number of hydrogen-bond donors (Lipinski definition) is 1. The summed E-state index contributed by atoms with van der Waals surface area (Å²) in [6, 6.07) is 8.78. The molecular weight excluding hydrogens is 184 g/mol. The van der Waals surface area contributed by atoms with Gasteiger partial charge in [0, 0.05) is 6.61 Å². The van der Waals surface area contributed by atoms with Crippen molar-refractivity contribution in [2.75, 3.05) is 6.61 Å². The molecule has 0 aliphatic carbocycles. The zero-order valence-electron chi connectivity index (χ0n) is 10.0. The second-order valence-electron chi connectivity index (χ2n) is 4.91. The number of hydrogen-bond acceptors (Lipinski definition) is 1. The molecule has 1 atom stereocenters. The Kier molecular flexibility index (Phi) is 4.83. The molecule has 0 fully saturated rings. The Labute approximate surface area is 93.1 Å². The highest BCUT2D eigenvalue weighted by Crippen LogP contribution is 2.12. The van der Waals surface area contributed by atoms with Gasteiger partial charge in [-0.1, -0.05) is 45.0 Å². The van der Waals surface area contributed by atoms with E-state index < -0.39 is 0 Å². The van der Waals surface area contributed by atoms with Gasteiger partial charge < -0.3 is 5.11 Å². The van der Waals surface area contributed by atoms with Crippen LogP contribution in [0.3, 0.4) is 0 Å². The molecule has 0 aliphatic heterocycles. The van der Waals surface area contributed by atoms with E-state index in [0.29, 0.717) is 11.8 Å². The molecule has 0 bridgehead atoms. The summed E-state index contributed by atoms with van der Waals surface area (Å²) in [5.74, 6) is 1.08. The standard InChI is InChI=1S/C14H22O/c1-11(2)8-13-4-6-14(7-5-13)9-12(3)10-15/h4-7,11-12,15H,8-10H2,1-3H3. The Morgan fingerprint density at radius 3 is 1.80 bits per heavy atom. The van der Waals surface area contributed by atoms with Gasteiger partial charge in [-0.25, -0.2) is 0 Å². The maximum Gasteiger partial charge on any atom is 0.0459 e. The summed E-state index contributed by atoms with van der Waals surface area (Å²) < 4.78 is 0. The molecular formula is C14H22O. The quantitative estimate of drug-likeness (QED) is 0.785. The highest BCUT2D eigenvalue weighted by Gasteiger charge is 2.02. The molecule has 0 aliphatic rings. The molecule has 0 saturated carbocycles. The second-order valence-corrected chi connectivity index (χ2v) is 4.91. The van der Waals surface area contributed by atoms with Gasteiger partial charge in [0.1, 0.15) is 0 Å². The molecule has 0 aromatic heterocycles. The summed E-state index contributed by atoms with van der Waals surface area (Å²) in [5.41, 5.74) is 2.73. The van der Waals surface area contributed by atoms with Crippen LogP contribution in [0.4, 0.5) is 0 Å². The van der Waals surface area contributed by atoms with Crippen LogP contribution in [-0.2, 0) is 12.8 Å². The lowest BCUT2D eigenvalue weighted by Crippen LogP contribution is -2.04. The Morgan fingerprint density at radius 2 is 1.40 bits per heavy atom. The number of rotatable bonds is 5. The van der Waals surface area contributed by atoms with E-state index in [0.717, 1.165) is 12.8 Å². The van der Waals surface area contributed by atoms with Gasteiger partial charge in [0.15, 0.2) is 0 Å². The molecule has 0 heterocycles. The van der Waals surface area contributed by atoms with Crippen molar-refractivity contribution in [3.63, 3.8) is 0 Å². The Bertz CT molecular complexity index is 274. The molecule has 0 amide bonds. The van der Waals surface area contributed by atoms with E-state index in [1.807, 2.05) is 0 Å². The predicted octanol–water partition coefficient (Wildman–Crippen LogP) is 3.06. The van der Waals surface area contributed by atoms with E-state index in [1.54, 1.807) is 0 Å². The number of aliphatic hydroxyl groups excluding tert-OH is 1. The predicted molar refractivity (Wildman–Crippen MR) is 64.9 cm³/mol. The minimum atomic E-state index is 0.272. The number of benzene rings is 1. The molecule has 0 spiro atoms. The smallest absolute Gasteiger partial charge is 0.0459 e. The lowest BCUT2D eigenvalue weighted by atomic mass is 9.98. The fourth-order valence-corrected chi connectivity index (χ4v) is 1.75. The maximum absolute atomic E-state index is 8.97. The van der Waals surface area contributed by atoms with Crippen LogP contribution in [0.15, 0.2) is 24.3 Å². The van der Waals surface area contributed by atoms with E-state index >= 15 is 0 Å². The lowest BCUT2D eigenvalue weighted by molar-refractivity contribution is 0.237. The van der Waals surface area contributed by atoms with Crippen molar-refractivity contribution < 1.29 is 5.11 Å². The summed E-state index contributed by atoms with van der Waals surface area (Å²) in [6.07, 6.45) is 2.12. The molecule has 1 rings (SSSR count). The lowest BCUT2D eigenvalue weighted by Gasteiger charge is -2.09. The van der Waals surface area contributed by atoms with Crippen molar-refractivity contribution in [3.05, 3.63) is 35.4 Å². The second kappa shape index (κ2) is 5.92. The van der Waals surface area contributed by atoms with Crippen molar-refractivity contribution >= 4 is 0 Å². The topological polar surface area (TPSA) is 20.2 Å². The number of aliphatic hydroxyl groups is 1. The molecule has 1 unspecified atom stereocenters. The first kappa shape index (κ1) is 12.3. The van der Waals surface area contributed by atoms with E-state index in [4.69, 9.17) is 5.11 Å². The highest BCUT2D eigenvalue weighted by molar-refractivity contribution is 5.23. The third kappa shape index (κ3) is 4.48. The van der Waals surface area contributed by atoms with E-state index in [-0.39, 0.29) is 6.61 Å². The molecule has 15 heavy (non-hydrogen) atoms. The van der Waals surface area contributed by atoms with Crippen LogP contribution in [0.2, 0.25) is 0 Å². The Morgan fingerprint density at radius 1 is 0.933 bits per heavy atom. The van der Waals surface area contributed by atoms with Crippen LogP contribution in [0.25, 0.3) is 0 Å². The molecule has 84 valence electrons. The van der Waals surface area contributed by atoms with E-state index in [2.05, 4.69) is 45.0 Å². The third-order valence-electron chi connectivity index (χ3n) is 2.56. The summed E-state index contributed by atoms with van der Waals surface area (Å²) in [7, 11) is 0. The highest BCUT2D eigenvalue weighted by atomic mass is 16.3. The summed E-state index contributed by atoms with van der Waals surface area (Å²) in [4.78, 5) is 0. The van der Waals surface area contributed by atoms with E-state index in [9.17, 15) is 0 Å². The molecule has 1 aromatic carbocycles. The van der Waals surface area contributed by atoms with Crippen molar-refractivity contribution in [1.82, 2.24) is 0 Å². The van der Waals surface area contributed by atoms with Gasteiger partial charge in [-0.05, 0) is 35.8 Å². The van der Waals surface area contributed by atoms with Crippen LogP contribution in [-0.4, -0.2) is 11.7 Å². The normalized spacial score (nSPS) is 13.1. The van der Waals surface area contributed by atoms with Crippen LogP contribution in [0, 0.1) is 11.8 Å². The van der Waals surface area contributed by atoms with Crippen LogP contribution >= 0.6 is 0 Å². The summed E-state index contributed by atoms with van der Waals surface area (Å²) in [5, 5.41) is 8.97. The SMILES string of the molecule is CC(C)Cc1ccc(CC(C)CO)cc1. The average Bonchev–Trinajstić information content (AvgIpc) is 2.20. The van der Waals surface area contributed by atoms with Crippen LogP contribution in [0.5, 0.6) is 0 Å². The minimum absolute atomic E-state index is 0.272. The fraction of sp³-hybridized carbons (Fsp3) is 0.571. The third-order valence-corrected chi connectivity index (χ3v) is 2.56. The van der Waals surface area contributed by atoms with Crippen molar-refractivity contribution in [2.45, 2.75) is 33.6 Å². The zero-order valence-corrected chi connectivity index (χ0v) is 10.0. The first-order chi connectivity index (χ1) is 7.11. The van der Waals surface area contributed by atoms with Crippen LogP contribution < -0.4 is 0 Å².